The summed E-state index contributed by atoms with van der Waals surface area (Å²) >= 11 is 6.32. The maximum absolute atomic E-state index is 13.3. The number of hydrogen-bond donors (Lipinski definition) is 2. The predicted molar refractivity (Wildman–Crippen MR) is 146 cm³/mol. The van der Waals surface area contributed by atoms with Crippen LogP contribution in [0.2, 0.25) is 5.02 Å². The average Bonchev–Trinajstić information content (AvgIpc) is 3.25. The highest BCUT2D eigenvalue weighted by molar-refractivity contribution is 6.34. The molecule has 0 spiro atoms. The number of carbonyl (C=O) groups is 2. The number of amides is 2. The summed E-state index contributed by atoms with van der Waals surface area (Å²) in [5.41, 5.74) is 3.32. The molecule has 5 rings (SSSR count). The molecule has 0 saturated carbocycles. The number of aromatic nitrogens is 3. The minimum Gasteiger partial charge on any atom is -0.444 e. The number of nitrogens with zero attached hydrogens (tertiary/aromatic N) is 4. The Kier molecular flexibility index (Phi) is 7.07. The second-order valence-corrected chi connectivity index (χ2v) is 12.0. The highest BCUT2D eigenvalue weighted by Gasteiger charge is 2.37. The predicted octanol–water partition coefficient (Wildman–Crippen LogP) is 4.24. The van der Waals surface area contributed by atoms with E-state index in [1.807, 2.05) is 26.8 Å². The maximum atomic E-state index is 13.3. The van der Waals surface area contributed by atoms with Crippen molar-refractivity contribution < 1.29 is 24.2 Å². The third-order valence-corrected chi connectivity index (χ3v) is 7.22. The van der Waals surface area contributed by atoms with E-state index in [4.69, 9.17) is 26.1 Å². The molecule has 1 atom stereocenters. The summed E-state index contributed by atoms with van der Waals surface area (Å²) in [7, 11) is 0. The second-order valence-electron chi connectivity index (χ2n) is 11.6. The number of aromatic amines is 1. The molecule has 1 aromatic carbocycles. The first-order valence-corrected chi connectivity index (χ1v) is 13.4. The van der Waals surface area contributed by atoms with E-state index in [0.29, 0.717) is 54.5 Å². The van der Waals surface area contributed by atoms with Gasteiger partial charge >= 0.3 is 6.09 Å². The number of fused-ring (bicyclic) bond motifs is 2. The lowest BCUT2D eigenvalue weighted by atomic mass is 9.87. The van der Waals surface area contributed by atoms with Gasteiger partial charge in [0.05, 0.1) is 36.2 Å². The molecule has 2 aliphatic rings. The Balaban J connectivity index is 1.62. The zero-order chi connectivity index (χ0) is 28.1. The molecule has 0 bridgehead atoms. The van der Waals surface area contributed by atoms with E-state index in [-0.39, 0.29) is 12.5 Å². The summed E-state index contributed by atoms with van der Waals surface area (Å²) in [5, 5.41) is 10.9. The summed E-state index contributed by atoms with van der Waals surface area (Å²) in [6, 6.07) is 3.61. The Morgan fingerprint density at radius 2 is 1.97 bits per heavy atom. The van der Waals surface area contributed by atoms with E-state index < -0.39 is 23.3 Å². The fourth-order valence-corrected chi connectivity index (χ4v) is 5.29. The molecule has 4 heterocycles. The number of hydrogen-bond acceptors (Lipinski definition) is 7. The number of benzene rings is 1. The molecule has 39 heavy (non-hydrogen) atoms. The van der Waals surface area contributed by atoms with Crippen LogP contribution in [0.15, 0.2) is 24.5 Å². The lowest BCUT2D eigenvalue weighted by Crippen LogP contribution is -2.48. The van der Waals surface area contributed by atoms with Crippen LogP contribution < -0.4 is 0 Å². The van der Waals surface area contributed by atoms with Crippen LogP contribution in [0.3, 0.4) is 0 Å². The van der Waals surface area contributed by atoms with Crippen molar-refractivity contribution in [3.8, 4) is 11.3 Å². The fourth-order valence-electron chi connectivity index (χ4n) is 5.10. The molecule has 2 aromatic heterocycles. The third-order valence-electron chi connectivity index (χ3n) is 6.93. The van der Waals surface area contributed by atoms with E-state index in [1.54, 1.807) is 22.2 Å². The minimum absolute atomic E-state index is 0.281. The second kappa shape index (κ2) is 10.1. The van der Waals surface area contributed by atoms with Gasteiger partial charge in [0.2, 0.25) is 0 Å². The largest absolute Gasteiger partial charge is 0.444 e. The summed E-state index contributed by atoms with van der Waals surface area (Å²) in [6.45, 7) is 10.3. The summed E-state index contributed by atoms with van der Waals surface area (Å²) in [5.74, 6) is -0.342. The quantitative estimate of drug-likeness (QED) is 0.496. The van der Waals surface area contributed by atoms with Crippen molar-refractivity contribution in [1.82, 2.24) is 24.8 Å². The first-order valence-electron chi connectivity index (χ1n) is 13.1. The molecule has 208 valence electrons. The number of aliphatic hydroxyl groups is 1. The summed E-state index contributed by atoms with van der Waals surface area (Å²) < 4.78 is 11.6. The summed E-state index contributed by atoms with van der Waals surface area (Å²) in [6.07, 6.45) is 3.51. The van der Waals surface area contributed by atoms with Crippen molar-refractivity contribution in [3.63, 3.8) is 0 Å². The standard InChI is InChI=1S/C28H34ClN5O5/c1-27(2,3)39-26(36)34-8-9-38-15-22(34)18-11-17(21-13-31-24-23(32-21)20(29)12-30-24)10-16-6-7-33(14-19(16)18)25(35)28(4,5)37/h10-13,22,37H,6-9,14-15H2,1-5H3,(H,30,31)/t22-/m0/s1. The number of H-pyrrole nitrogens is 1. The molecular formula is C28H34ClN5O5. The van der Waals surface area contributed by atoms with E-state index in [2.05, 4.69) is 16.0 Å². The Hall–Kier alpha value is -3.21. The Morgan fingerprint density at radius 3 is 2.69 bits per heavy atom. The van der Waals surface area contributed by atoms with Gasteiger partial charge in [-0.2, -0.15) is 0 Å². The van der Waals surface area contributed by atoms with Crippen molar-refractivity contribution in [1.29, 1.82) is 0 Å². The smallest absolute Gasteiger partial charge is 0.410 e. The first kappa shape index (κ1) is 27.4. The Bertz CT molecular complexity index is 1420. The Labute approximate surface area is 232 Å². The number of carbonyl (C=O) groups excluding carboxylic acids is 2. The molecule has 2 aliphatic heterocycles. The SMILES string of the molecule is CC(C)(C)OC(=O)N1CCOC[C@H]1c1cc(-c2cnc3[nH]cc(Cl)c3n2)cc2c1CN(C(=O)C(C)(C)O)CC2. The van der Waals surface area contributed by atoms with Gasteiger partial charge in [0.25, 0.3) is 5.91 Å². The van der Waals surface area contributed by atoms with Crippen molar-refractivity contribution in [2.45, 2.75) is 64.8 Å². The molecule has 1 fully saturated rings. The zero-order valence-electron chi connectivity index (χ0n) is 22.9. The maximum Gasteiger partial charge on any atom is 0.410 e. The van der Waals surface area contributed by atoms with E-state index in [1.165, 1.54) is 13.8 Å². The van der Waals surface area contributed by atoms with Crippen LogP contribution in [0.25, 0.3) is 22.4 Å². The van der Waals surface area contributed by atoms with Crippen LogP contribution in [0.4, 0.5) is 4.79 Å². The third kappa shape index (κ3) is 5.59. The van der Waals surface area contributed by atoms with Gasteiger partial charge in [-0.3, -0.25) is 9.69 Å². The van der Waals surface area contributed by atoms with Gasteiger partial charge in [0.1, 0.15) is 16.7 Å². The van der Waals surface area contributed by atoms with Crippen LogP contribution in [-0.2, 0) is 27.2 Å². The topological polar surface area (TPSA) is 121 Å². The molecule has 10 nitrogen and oxygen atoms in total. The molecule has 1 saturated heterocycles. The number of ether oxygens (including phenoxy) is 2. The van der Waals surface area contributed by atoms with E-state index >= 15 is 0 Å². The number of halogens is 1. The van der Waals surface area contributed by atoms with Crippen molar-refractivity contribution in [3.05, 3.63) is 46.2 Å². The normalized spacial score (nSPS) is 18.3. The highest BCUT2D eigenvalue weighted by atomic mass is 35.5. The highest BCUT2D eigenvalue weighted by Crippen LogP contribution is 2.37. The van der Waals surface area contributed by atoms with Crippen molar-refractivity contribution >= 4 is 34.8 Å². The lowest BCUT2D eigenvalue weighted by Gasteiger charge is -2.40. The average molecular weight is 556 g/mol. The van der Waals surface area contributed by atoms with Gasteiger partial charge in [0, 0.05) is 31.4 Å². The van der Waals surface area contributed by atoms with Gasteiger partial charge in [0.15, 0.2) is 5.65 Å². The minimum atomic E-state index is -1.49. The number of rotatable bonds is 3. The monoisotopic (exact) mass is 555 g/mol. The fraction of sp³-hybridized carbons (Fsp3) is 0.500. The van der Waals surface area contributed by atoms with Gasteiger partial charge in [-0.15, -0.1) is 0 Å². The van der Waals surface area contributed by atoms with Crippen LogP contribution in [0.5, 0.6) is 0 Å². The van der Waals surface area contributed by atoms with E-state index in [9.17, 15) is 14.7 Å². The van der Waals surface area contributed by atoms with Gasteiger partial charge in [-0.25, -0.2) is 14.8 Å². The van der Waals surface area contributed by atoms with Crippen LogP contribution in [0, 0.1) is 0 Å². The lowest BCUT2D eigenvalue weighted by molar-refractivity contribution is -0.148. The van der Waals surface area contributed by atoms with Crippen LogP contribution >= 0.6 is 11.6 Å². The van der Waals surface area contributed by atoms with Gasteiger partial charge < -0.3 is 24.5 Å². The first-order chi connectivity index (χ1) is 18.3. The molecule has 0 radical (unpaired) electrons. The van der Waals surface area contributed by atoms with Crippen molar-refractivity contribution in [2.75, 3.05) is 26.3 Å². The number of nitrogens with one attached hydrogen (secondary N) is 1. The van der Waals surface area contributed by atoms with E-state index in [0.717, 1.165) is 22.3 Å². The van der Waals surface area contributed by atoms with Gasteiger partial charge in [-0.05, 0) is 69.9 Å². The molecule has 3 aromatic rings. The van der Waals surface area contributed by atoms with Crippen molar-refractivity contribution in [2.24, 2.45) is 0 Å². The molecule has 0 aliphatic carbocycles. The Morgan fingerprint density at radius 1 is 1.21 bits per heavy atom. The van der Waals surface area contributed by atoms with Crippen LogP contribution in [-0.4, -0.2) is 79.4 Å². The molecule has 2 N–H and O–H groups in total. The molecular weight excluding hydrogens is 522 g/mol. The molecule has 11 heteroatoms. The molecule has 2 amide bonds. The van der Waals surface area contributed by atoms with Crippen LogP contribution in [0.1, 0.15) is 57.4 Å². The zero-order valence-corrected chi connectivity index (χ0v) is 23.6. The number of morpholine rings is 1. The van der Waals surface area contributed by atoms with Gasteiger partial charge in [-0.1, -0.05) is 11.6 Å². The molecule has 0 unspecified atom stereocenters. The summed E-state index contributed by atoms with van der Waals surface area (Å²) in [4.78, 5) is 41.9.